The van der Waals surface area contributed by atoms with Crippen LogP contribution in [0.25, 0.3) is 11.4 Å². The van der Waals surface area contributed by atoms with E-state index in [2.05, 4.69) is 15.0 Å². The predicted molar refractivity (Wildman–Crippen MR) is 41.8 cm³/mol. The Morgan fingerprint density at radius 1 is 1.27 bits per heavy atom. The maximum atomic E-state index is 4.13. The second kappa shape index (κ2) is 2.54. The molecular formula is C8H7N3. The first kappa shape index (κ1) is 6.09. The van der Waals surface area contributed by atoms with Crippen LogP contribution in [-0.2, 0) is 0 Å². The van der Waals surface area contributed by atoms with Gasteiger partial charge in [0.05, 0.1) is 11.9 Å². The van der Waals surface area contributed by atoms with Crippen LogP contribution in [0.3, 0.4) is 0 Å². The van der Waals surface area contributed by atoms with E-state index >= 15 is 0 Å². The van der Waals surface area contributed by atoms with Crippen molar-refractivity contribution < 1.29 is 0 Å². The van der Waals surface area contributed by atoms with E-state index in [1.54, 1.807) is 18.6 Å². The van der Waals surface area contributed by atoms with Crippen molar-refractivity contribution in [3.8, 4) is 11.4 Å². The summed E-state index contributed by atoms with van der Waals surface area (Å²) in [5.41, 5.74) is 1.87. The zero-order chi connectivity index (χ0) is 7.52. The van der Waals surface area contributed by atoms with Gasteiger partial charge in [0.2, 0.25) is 0 Å². The molecule has 0 saturated heterocycles. The molecule has 2 heterocycles. The number of aromatic amines is 1. The molecule has 0 aliphatic rings. The van der Waals surface area contributed by atoms with Crippen LogP contribution in [0, 0.1) is 0 Å². The van der Waals surface area contributed by atoms with Crippen LogP contribution in [0.4, 0.5) is 0 Å². The molecule has 0 spiro atoms. The van der Waals surface area contributed by atoms with E-state index in [-0.39, 0.29) is 0 Å². The van der Waals surface area contributed by atoms with Crippen LogP contribution in [0.5, 0.6) is 0 Å². The molecule has 2 rings (SSSR count). The summed E-state index contributed by atoms with van der Waals surface area (Å²) in [6.07, 6.45) is 6.93. The zero-order valence-electron chi connectivity index (χ0n) is 5.86. The summed E-state index contributed by atoms with van der Waals surface area (Å²) in [7, 11) is 0. The molecule has 1 N–H and O–H groups in total. The fourth-order valence-corrected chi connectivity index (χ4v) is 0.928. The van der Waals surface area contributed by atoms with Crippen LogP contribution < -0.4 is 0 Å². The van der Waals surface area contributed by atoms with Gasteiger partial charge in [-0.3, -0.25) is 9.97 Å². The van der Waals surface area contributed by atoms with E-state index in [1.165, 1.54) is 0 Å². The Kier molecular flexibility index (Phi) is 1.41. The molecule has 0 atom stereocenters. The highest BCUT2D eigenvalue weighted by molar-refractivity contribution is 5.51. The zero-order valence-corrected chi connectivity index (χ0v) is 5.86. The van der Waals surface area contributed by atoms with Crippen LogP contribution >= 0.6 is 0 Å². The normalized spacial score (nSPS) is 9.82. The van der Waals surface area contributed by atoms with Gasteiger partial charge in [-0.2, -0.15) is 0 Å². The molecule has 0 bridgehead atoms. The Labute approximate surface area is 64.1 Å². The molecule has 0 fully saturated rings. The fraction of sp³-hybridized carbons (Fsp3) is 0. The van der Waals surface area contributed by atoms with Crippen molar-refractivity contribution in [3.63, 3.8) is 0 Å². The number of nitrogens with one attached hydrogen (secondary N) is 1. The van der Waals surface area contributed by atoms with Gasteiger partial charge in [0.25, 0.3) is 0 Å². The van der Waals surface area contributed by atoms with E-state index in [0.29, 0.717) is 0 Å². The van der Waals surface area contributed by atoms with Gasteiger partial charge in [0, 0.05) is 18.6 Å². The molecular weight excluding hydrogens is 138 g/mol. The van der Waals surface area contributed by atoms with E-state index in [9.17, 15) is 0 Å². The first-order valence-corrected chi connectivity index (χ1v) is 3.36. The van der Waals surface area contributed by atoms with Crippen LogP contribution in [-0.4, -0.2) is 15.0 Å². The van der Waals surface area contributed by atoms with Crippen molar-refractivity contribution in [2.75, 3.05) is 0 Å². The Morgan fingerprint density at radius 2 is 2.27 bits per heavy atom. The number of rotatable bonds is 1. The molecule has 11 heavy (non-hydrogen) atoms. The maximum absolute atomic E-state index is 4.13. The summed E-state index contributed by atoms with van der Waals surface area (Å²) in [5.74, 6) is 0. The van der Waals surface area contributed by atoms with Crippen molar-refractivity contribution in [3.05, 3.63) is 36.9 Å². The van der Waals surface area contributed by atoms with Gasteiger partial charge in [0.1, 0.15) is 5.69 Å². The number of H-pyrrole nitrogens is 1. The minimum Gasteiger partial charge on any atom is -0.360 e. The molecule has 54 valence electrons. The Bertz CT molecular complexity index is 312. The highest BCUT2D eigenvalue weighted by Gasteiger charge is 1.95. The van der Waals surface area contributed by atoms with Gasteiger partial charge in [0.15, 0.2) is 0 Å². The summed E-state index contributed by atoms with van der Waals surface area (Å²) in [4.78, 5) is 11.1. The summed E-state index contributed by atoms with van der Waals surface area (Å²) < 4.78 is 0. The van der Waals surface area contributed by atoms with Gasteiger partial charge in [-0.25, -0.2) is 0 Å². The average molecular weight is 145 g/mol. The van der Waals surface area contributed by atoms with E-state index in [1.807, 2.05) is 18.3 Å². The quantitative estimate of drug-likeness (QED) is 0.660. The Balaban J connectivity index is 2.46. The topological polar surface area (TPSA) is 41.6 Å². The maximum Gasteiger partial charge on any atom is 0.105 e. The summed E-state index contributed by atoms with van der Waals surface area (Å²) >= 11 is 0. The first-order chi connectivity index (χ1) is 5.47. The lowest BCUT2D eigenvalue weighted by molar-refractivity contribution is 1.19. The molecule has 0 aromatic carbocycles. The average Bonchev–Trinajstić information content (AvgIpc) is 2.58. The summed E-state index contributed by atoms with van der Waals surface area (Å²) in [6.45, 7) is 0. The SMILES string of the molecule is c1c[nH]c(-c2cnccn2)c1. The summed E-state index contributed by atoms with van der Waals surface area (Å²) in [6, 6.07) is 3.90. The monoisotopic (exact) mass is 145 g/mol. The van der Waals surface area contributed by atoms with Crippen molar-refractivity contribution in [1.82, 2.24) is 15.0 Å². The molecule has 0 saturated carbocycles. The molecule has 2 aromatic rings. The standard InChI is InChI=1S/C8H7N3/c1-2-7(10-3-1)8-6-9-4-5-11-8/h1-6,10H. The van der Waals surface area contributed by atoms with Crippen molar-refractivity contribution in [2.45, 2.75) is 0 Å². The lowest BCUT2D eigenvalue weighted by Gasteiger charge is -1.92. The van der Waals surface area contributed by atoms with Crippen LogP contribution in [0.1, 0.15) is 0 Å². The molecule has 3 heteroatoms. The lowest BCUT2D eigenvalue weighted by atomic mass is 10.3. The molecule has 0 amide bonds. The predicted octanol–water partition coefficient (Wildman–Crippen LogP) is 1.47. The van der Waals surface area contributed by atoms with Crippen molar-refractivity contribution in [1.29, 1.82) is 0 Å². The Morgan fingerprint density at radius 3 is 2.91 bits per heavy atom. The molecule has 2 aromatic heterocycles. The molecule has 0 aliphatic carbocycles. The van der Waals surface area contributed by atoms with Gasteiger partial charge in [-0.15, -0.1) is 0 Å². The van der Waals surface area contributed by atoms with Crippen LogP contribution in [0.15, 0.2) is 36.9 Å². The Hall–Kier alpha value is -1.64. The van der Waals surface area contributed by atoms with Gasteiger partial charge < -0.3 is 4.98 Å². The lowest BCUT2D eigenvalue weighted by Crippen LogP contribution is -1.82. The van der Waals surface area contributed by atoms with E-state index < -0.39 is 0 Å². The van der Waals surface area contributed by atoms with Crippen molar-refractivity contribution >= 4 is 0 Å². The van der Waals surface area contributed by atoms with E-state index in [4.69, 9.17) is 0 Å². The number of hydrogen-bond acceptors (Lipinski definition) is 2. The highest BCUT2D eigenvalue weighted by Crippen LogP contribution is 2.10. The smallest absolute Gasteiger partial charge is 0.105 e. The molecule has 0 radical (unpaired) electrons. The number of hydrogen-bond donors (Lipinski definition) is 1. The number of nitrogens with zero attached hydrogens (tertiary/aromatic N) is 2. The fourth-order valence-electron chi connectivity index (χ4n) is 0.928. The highest BCUT2D eigenvalue weighted by atomic mass is 14.8. The minimum atomic E-state index is 0.873. The van der Waals surface area contributed by atoms with Gasteiger partial charge in [-0.05, 0) is 12.1 Å². The van der Waals surface area contributed by atoms with Crippen molar-refractivity contribution in [2.24, 2.45) is 0 Å². The van der Waals surface area contributed by atoms with E-state index in [0.717, 1.165) is 11.4 Å². The third kappa shape index (κ3) is 1.12. The minimum absolute atomic E-state index is 0.873. The third-order valence-corrected chi connectivity index (χ3v) is 1.44. The molecule has 3 nitrogen and oxygen atoms in total. The molecule has 0 unspecified atom stereocenters. The second-order valence-corrected chi connectivity index (χ2v) is 2.17. The van der Waals surface area contributed by atoms with Crippen LogP contribution in [0.2, 0.25) is 0 Å². The summed E-state index contributed by atoms with van der Waals surface area (Å²) in [5, 5.41) is 0. The molecule has 0 aliphatic heterocycles. The van der Waals surface area contributed by atoms with Gasteiger partial charge in [-0.1, -0.05) is 0 Å². The third-order valence-electron chi connectivity index (χ3n) is 1.44. The first-order valence-electron chi connectivity index (χ1n) is 3.36. The van der Waals surface area contributed by atoms with Gasteiger partial charge >= 0.3 is 0 Å². The number of aromatic nitrogens is 3. The second-order valence-electron chi connectivity index (χ2n) is 2.17. The largest absolute Gasteiger partial charge is 0.360 e.